The molecule has 5 aromatic rings. The highest BCUT2D eigenvalue weighted by Gasteiger charge is 2.35. The lowest BCUT2D eigenvalue weighted by molar-refractivity contribution is -0.137. The molecule has 1 atom stereocenters. The molecule has 0 saturated carbocycles. The Kier molecular flexibility index (Phi) is 6.26. The quantitative estimate of drug-likeness (QED) is 0.332. The van der Waals surface area contributed by atoms with Gasteiger partial charge in [-0.3, -0.25) is 9.78 Å². The van der Waals surface area contributed by atoms with Gasteiger partial charge in [0.1, 0.15) is 11.5 Å². The number of hydrogen-bond acceptors (Lipinski definition) is 6. The number of nitrogens with zero attached hydrogens (tertiary/aromatic N) is 6. The molecule has 0 fully saturated rings. The second-order valence-corrected chi connectivity index (χ2v) is 9.42. The Morgan fingerprint density at radius 2 is 1.85 bits per heavy atom. The minimum atomic E-state index is -4.45. The number of carbonyl (C=O) groups excluding carboxylic acids is 1. The molecule has 0 spiro atoms. The van der Waals surface area contributed by atoms with Crippen molar-refractivity contribution >= 4 is 17.4 Å². The summed E-state index contributed by atoms with van der Waals surface area (Å²) in [4.78, 5) is 28.1. The number of hydrogen-bond donors (Lipinski definition) is 2. The molecule has 5 heterocycles. The Hall–Kier alpha value is -4.71. The summed E-state index contributed by atoms with van der Waals surface area (Å²) < 4.78 is 42.4. The molecule has 6 rings (SSSR count). The molecule has 1 aromatic carbocycles. The number of rotatable bonds is 6. The number of halogens is 3. The first-order valence-electron chi connectivity index (χ1n) is 12.6. The zero-order valence-electron chi connectivity index (χ0n) is 21.3. The van der Waals surface area contributed by atoms with E-state index in [9.17, 15) is 23.1 Å². The van der Waals surface area contributed by atoms with Gasteiger partial charge in [0.25, 0.3) is 5.91 Å². The van der Waals surface area contributed by atoms with Crippen molar-refractivity contribution in [3.05, 3.63) is 102 Å². The summed E-state index contributed by atoms with van der Waals surface area (Å²) in [5.41, 5.74) is 3.00. The highest BCUT2D eigenvalue weighted by Crippen LogP contribution is 2.31. The molecular formula is C28H24F3N7O2. The van der Waals surface area contributed by atoms with Gasteiger partial charge in [0.15, 0.2) is 11.5 Å². The van der Waals surface area contributed by atoms with Gasteiger partial charge in [0.05, 0.1) is 17.0 Å². The van der Waals surface area contributed by atoms with E-state index in [1.807, 2.05) is 58.6 Å². The van der Waals surface area contributed by atoms with Crippen LogP contribution in [0.5, 0.6) is 0 Å². The maximum absolute atomic E-state index is 13.0. The molecule has 12 heteroatoms. The van der Waals surface area contributed by atoms with Crippen molar-refractivity contribution in [2.75, 3.05) is 11.4 Å². The molecule has 40 heavy (non-hydrogen) atoms. The molecule has 1 aliphatic rings. The van der Waals surface area contributed by atoms with Crippen LogP contribution in [0.3, 0.4) is 0 Å². The molecule has 0 saturated heterocycles. The van der Waals surface area contributed by atoms with E-state index in [-0.39, 0.29) is 0 Å². The SMILES string of the molecule is CCN1c2nc(Cc3cn4ccccc4n3)n(Cc3ccc(-c4ccc(C(F)(F)F)cn4)cc3)c2C(=O)NC1O. The Bertz CT molecular complexity index is 1660. The summed E-state index contributed by atoms with van der Waals surface area (Å²) >= 11 is 0. The van der Waals surface area contributed by atoms with Crippen LogP contribution >= 0.6 is 0 Å². The topological polar surface area (TPSA) is 101 Å². The number of benzene rings is 1. The van der Waals surface area contributed by atoms with Crippen LogP contribution < -0.4 is 10.2 Å². The molecule has 2 N–H and O–H groups in total. The number of aromatic nitrogens is 5. The molecular weight excluding hydrogens is 523 g/mol. The maximum Gasteiger partial charge on any atom is 0.417 e. The van der Waals surface area contributed by atoms with Gasteiger partial charge in [-0.25, -0.2) is 9.97 Å². The summed E-state index contributed by atoms with van der Waals surface area (Å²) in [6.45, 7) is 2.58. The van der Waals surface area contributed by atoms with E-state index >= 15 is 0 Å². The van der Waals surface area contributed by atoms with Crippen molar-refractivity contribution in [1.82, 2.24) is 29.2 Å². The highest BCUT2D eigenvalue weighted by molar-refractivity contribution is 5.99. The number of aliphatic hydroxyl groups is 1. The van der Waals surface area contributed by atoms with Crippen molar-refractivity contribution in [2.24, 2.45) is 0 Å². The first-order chi connectivity index (χ1) is 19.2. The zero-order valence-corrected chi connectivity index (χ0v) is 21.3. The second kappa shape index (κ2) is 9.79. The van der Waals surface area contributed by atoms with Gasteiger partial charge in [0, 0.05) is 43.7 Å². The van der Waals surface area contributed by atoms with Crippen molar-refractivity contribution in [3.63, 3.8) is 0 Å². The van der Waals surface area contributed by atoms with E-state index in [0.29, 0.717) is 48.1 Å². The first-order valence-corrected chi connectivity index (χ1v) is 12.6. The largest absolute Gasteiger partial charge is 0.417 e. The number of aliphatic hydroxyl groups excluding tert-OH is 1. The summed E-state index contributed by atoms with van der Waals surface area (Å²) in [7, 11) is 0. The number of amides is 1. The van der Waals surface area contributed by atoms with Gasteiger partial charge in [-0.1, -0.05) is 30.3 Å². The van der Waals surface area contributed by atoms with Crippen molar-refractivity contribution in [1.29, 1.82) is 0 Å². The molecule has 4 aromatic heterocycles. The number of anilines is 1. The number of imidazole rings is 2. The Morgan fingerprint density at radius 1 is 1.05 bits per heavy atom. The van der Waals surface area contributed by atoms with Gasteiger partial charge < -0.3 is 24.3 Å². The number of pyridine rings is 2. The van der Waals surface area contributed by atoms with Crippen LogP contribution in [-0.4, -0.2) is 47.8 Å². The predicted octanol–water partition coefficient (Wildman–Crippen LogP) is 4.10. The molecule has 1 amide bonds. The summed E-state index contributed by atoms with van der Waals surface area (Å²) in [5, 5.41) is 13.0. The lowest BCUT2D eigenvalue weighted by atomic mass is 10.1. The summed E-state index contributed by atoms with van der Waals surface area (Å²) in [6, 6.07) is 15.3. The van der Waals surface area contributed by atoms with Gasteiger partial charge in [-0.15, -0.1) is 0 Å². The fraction of sp³-hybridized carbons (Fsp3) is 0.214. The van der Waals surface area contributed by atoms with Crippen LogP contribution in [0.15, 0.2) is 73.2 Å². The van der Waals surface area contributed by atoms with E-state index < -0.39 is 24.0 Å². The summed E-state index contributed by atoms with van der Waals surface area (Å²) in [6.07, 6.45) is -0.657. The molecule has 0 bridgehead atoms. The lowest BCUT2D eigenvalue weighted by Gasteiger charge is -2.32. The van der Waals surface area contributed by atoms with Gasteiger partial charge >= 0.3 is 6.18 Å². The van der Waals surface area contributed by atoms with Crippen LogP contribution in [0, 0.1) is 0 Å². The van der Waals surface area contributed by atoms with E-state index in [4.69, 9.17) is 4.98 Å². The first kappa shape index (κ1) is 25.6. The monoisotopic (exact) mass is 547 g/mol. The Labute approximate surface area is 226 Å². The lowest BCUT2D eigenvalue weighted by Crippen LogP contribution is -2.53. The summed E-state index contributed by atoms with van der Waals surface area (Å²) in [5.74, 6) is 0.555. The van der Waals surface area contributed by atoms with Crippen LogP contribution in [0.25, 0.3) is 16.9 Å². The smallest absolute Gasteiger partial charge is 0.356 e. The van der Waals surface area contributed by atoms with Crippen molar-refractivity contribution < 1.29 is 23.1 Å². The van der Waals surface area contributed by atoms with E-state index in [1.54, 1.807) is 17.0 Å². The molecule has 1 unspecified atom stereocenters. The third-order valence-electron chi connectivity index (χ3n) is 6.85. The van der Waals surface area contributed by atoms with Crippen LogP contribution in [0.4, 0.5) is 19.0 Å². The molecule has 204 valence electrons. The van der Waals surface area contributed by atoms with Crippen molar-refractivity contribution in [2.45, 2.75) is 32.4 Å². The Balaban J connectivity index is 1.34. The van der Waals surface area contributed by atoms with Crippen molar-refractivity contribution in [3.8, 4) is 11.3 Å². The standard InChI is InChI=1S/C28H24F3N7O2/c1-2-37-25-24(26(39)35-27(37)40)38(23(34-25)13-20-16-36-12-4-3-5-22(36)33-20)15-17-6-8-18(9-7-17)21-11-10-19(14-32-21)28(29,30)31/h3-12,14,16,27,40H,2,13,15H2,1H3,(H,35,39). The van der Waals surface area contributed by atoms with Crippen LogP contribution in [-0.2, 0) is 19.1 Å². The average molecular weight is 548 g/mol. The van der Waals surface area contributed by atoms with Gasteiger partial charge in [-0.05, 0) is 36.8 Å². The average Bonchev–Trinajstić information content (AvgIpc) is 3.50. The number of alkyl halides is 3. The Morgan fingerprint density at radius 3 is 2.52 bits per heavy atom. The minimum absolute atomic E-state index is 0.298. The number of carbonyl (C=O) groups is 1. The third-order valence-corrected chi connectivity index (χ3v) is 6.85. The number of fused-ring (bicyclic) bond motifs is 2. The normalized spacial score (nSPS) is 15.4. The van der Waals surface area contributed by atoms with E-state index in [0.717, 1.165) is 29.2 Å². The highest BCUT2D eigenvalue weighted by atomic mass is 19.4. The number of nitrogens with one attached hydrogen (secondary N) is 1. The molecule has 0 aliphatic carbocycles. The third kappa shape index (κ3) is 4.66. The van der Waals surface area contributed by atoms with E-state index in [1.165, 1.54) is 6.07 Å². The second-order valence-electron chi connectivity index (χ2n) is 9.42. The minimum Gasteiger partial charge on any atom is -0.356 e. The van der Waals surface area contributed by atoms with Crippen LogP contribution in [0.1, 0.15) is 40.1 Å². The maximum atomic E-state index is 13.0. The molecule has 1 aliphatic heterocycles. The fourth-order valence-electron chi connectivity index (χ4n) is 4.85. The molecule has 9 nitrogen and oxygen atoms in total. The predicted molar refractivity (Wildman–Crippen MR) is 140 cm³/mol. The molecule has 0 radical (unpaired) electrons. The van der Waals surface area contributed by atoms with Crippen LogP contribution in [0.2, 0.25) is 0 Å². The van der Waals surface area contributed by atoms with E-state index in [2.05, 4.69) is 15.3 Å². The fourth-order valence-corrected chi connectivity index (χ4v) is 4.85. The van der Waals surface area contributed by atoms with Gasteiger partial charge in [0.2, 0.25) is 6.35 Å². The zero-order chi connectivity index (χ0) is 28.0. The van der Waals surface area contributed by atoms with Gasteiger partial charge in [-0.2, -0.15) is 13.2 Å².